The molecular formula is C43H52ClN3O10S. The Morgan fingerprint density at radius 3 is 2.40 bits per heavy atom. The van der Waals surface area contributed by atoms with Gasteiger partial charge in [0.05, 0.1) is 36.2 Å². The summed E-state index contributed by atoms with van der Waals surface area (Å²) >= 11 is 6.77. The number of carbonyl (C=O) groups excluding carboxylic acids is 1. The van der Waals surface area contributed by atoms with Gasteiger partial charge in [0, 0.05) is 62.0 Å². The summed E-state index contributed by atoms with van der Waals surface area (Å²) < 4.78 is 47.9. The number of pyridine rings is 1. The SMILES string of the molecule is COC(=O)[C@@H]1CCN(CCCOc2cccc(-c3cccc(COc4cc(OCc5cncc(S(C)(=O)=O)c5)c(CNC[C@](C)(CO)C(=O)O)cc4Cl)c3C)c2C)C1. The van der Waals surface area contributed by atoms with Gasteiger partial charge in [-0.25, -0.2) is 8.42 Å². The Hall–Kier alpha value is -4.73. The predicted molar refractivity (Wildman–Crippen MR) is 220 cm³/mol. The molecule has 1 aliphatic rings. The van der Waals surface area contributed by atoms with Gasteiger partial charge in [0.2, 0.25) is 0 Å². The third-order valence-corrected chi connectivity index (χ3v) is 11.9. The van der Waals surface area contributed by atoms with Crippen LogP contribution in [0.15, 0.2) is 71.9 Å². The van der Waals surface area contributed by atoms with Crippen molar-refractivity contribution in [3.8, 4) is 28.4 Å². The summed E-state index contributed by atoms with van der Waals surface area (Å²) in [6.07, 6.45) is 5.54. The summed E-state index contributed by atoms with van der Waals surface area (Å²) in [6, 6.07) is 16.9. The van der Waals surface area contributed by atoms with E-state index in [-0.39, 0.29) is 43.1 Å². The average Bonchev–Trinajstić information content (AvgIpc) is 3.68. The van der Waals surface area contributed by atoms with E-state index in [9.17, 15) is 28.2 Å². The maximum absolute atomic E-state index is 12.1. The third kappa shape index (κ3) is 11.3. The van der Waals surface area contributed by atoms with Crippen LogP contribution in [0.5, 0.6) is 17.2 Å². The molecule has 1 aliphatic heterocycles. The van der Waals surface area contributed by atoms with Crippen LogP contribution in [0.3, 0.4) is 0 Å². The van der Waals surface area contributed by atoms with Gasteiger partial charge in [0.25, 0.3) is 0 Å². The zero-order valence-electron chi connectivity index (χ0n) is 33.5. The van der Waals surface area contributed by atoms with Crippen LogP contribution in [-0.4, -0.2) is 93.2 Å². The molecule has 15 heteroatoms. The van der Waals surface area contributed by atoms with E-state index in [2.05, 4.69) is 27.3 Å². The van der Waals surface area contributed by atoms with Gasteiger partial charge < -0.3 is 39.4 Å². The Bertz CT molecular complexity index is 2200. The first kappa shape index (κ1) is 44.4. The van der Waals surface area contributed by atoms with E-state index in [1.807, 2.05) is 38.1 Å². The van der Waals surface area contributed by atoms with E-state index >= 15 is 0 Å². The molecule has 0 spiro atoms. The van der Waals surface area contributed by atoms with Gasteiger partial charge in [-0.2, -0.15) is 0 Å². The molecule has 0 amide bonds. The molecule has 0 unspecified atom stereocenters. The number of carboxylic acids is 1. The van der Waals surface area contributed by atoms with Crippen molar-refractivity contribution in [2.24, 2.45) is 11.3 Å². The number of aliphatic hydroxyl groups is 1. The summed E-state index contributed by atoms with van der Waals surface area (Å²) in [5.74, 6) is 0.190. The van der Waals surface area contributed by atoms with Gasteiger partial charge in [-0.1, -0.05) is 41.9 Å². The number of sulfone groups is 1. The largest absolute Gasteiger partial charge is 0.493 e. The van der Waals surface area contributed by atoms with Crippen LogP contribution in [0.1, 0.15) is 47.6 Å². The number of benzene rings is 3. The van der Waals surface area contributed by atoms with Crippen molar-refractivity contribution in [1.29, 1.82) is 0 Å². The number of aliphatic carboxylic acids is 1. The highest BCUT2D eigenvalue weighted by Crippen LogP contribution is 2.36. The second kappa shape index (κ2) is 19.8. The Morgan fingerprint density at radius 2 is 1.69 bits per heavy atom. The van der Waals surface area contributed by atoms with E-state index in [4.69, 9.17) is 30.5 Å². The van der Waals surface area contributed by atoms with Crippen molar-refractivity contribution >= 4 is 33.4 Å². The van der Waals surface area contributed by atoms with Crippen molar-refractivity contribution < 1.29 is 47.2 Å². The van der Waals surface area contributed by atoms with Crippen molar-refractivity contribution in [1.82, 2.24) is 15.2 Å². The third-order valence-electron chi connectivity index (χ3n) is 10.5. The first-order valence-corrected chi connectivity index (χ1v) is 21.3. The zero-order valence-corrected chi connectivity index (χ0v) is 35.1. The fraction of sp³-hybridized carbons (Fsp3) is 0.419. The molecule has 0 radical (unpaired) electrons. The number of hydrogen-bond donors (Lipinski definition) is 3. The number of methoxy groups -OCH3 is 1. The Morgan fingerprint density at radius 1 is 0.966 bits per heavy atom. The van der Waals surface area contributed by atoms with E-state index in [0.29, 0.717) is 40.8 Å². The van der Waals surface area contributed by atoms with Gasteiger partial charge in [-0.05, 0) is 86.2 Å². The lowest BCUT2D eigenvalue weighted by atomic mass is 9.92. The van der Waals surface area contributed by atoms with E-state index in [0.717, 1.165) is 65.8 Å². The molecule has 3 N–H and O–H groups in total. The first-order chi connectivity index (χ1) is 27.6. The molecule has 5 rings (SSSR count). The number of nitrogens with zero attached hydrogens (tertiary/aromatic N) is 2. The number of aliphatic hydroxyl groups excluding tert-OH is 1. The van der Waals surface area contributed by atoms with E-state index < -0.39 is 27.8 Å². The van der Waals surface area contributed by atoms with Gasteiger partial charge in [0.15, 0.2) is 9.84 Å². The molecular weight excluding hydrogens is 786 g/mol. The molecule has 1 saturated heterocycles. The van der Waals surface area contributed by atoms with Crippen LogP contribution in [0.25, 0.3) is 11.1 Å². The molecule has 2 heterocycles. The highest BCUT2D eigenvalue weighted by atomic mass is 35.5. The number of ether oxygens (including phenoxy) is 4. The number of carboxylic acid groups (broad SMARTS) is 1. The Labute approximate surface area is 345 Å². The normalized spacial score (nSPS) is 15.5. The predicted octanol–water partition coefficient (Wildman–Crippen LogP) is 6.02. The fourth-order valence-electron chi connectivity index (χ4n) is 6.75. The van der Waals surface area contributed by atoms with Gasteiger partial charge in [-0.3, -0.25) is 14.6 Å². The van der Waals surface area contributed by atoms with Gasteiger partial charge in [-0.15, -0.1) is 0 Å². The van der Waals surface area contributed by atoms with Crippen LogP contribution in [-0.2, 0) is 43.9 Å². The molecule has 0 saturated carbocycles. The summed E-state index contributed by atoms with van der Waals surface area (Å²) in [7, 11) is -2.06. The minimum absolute atomic E-state index is 0.0207. The number of likely N-dealkylation sites (tertiary alicyclic amines) is 1. The zero-order chi connectivity index (χ0) is 42.0. The van der Waals surface area contributed by atoms with E-state index in [1.165, 1.54) is 32.5 Å². The molecule has 312 valence electrons. The number of carbonyl (C=O) groups is 2. The van der Waals surface area contributed by atoms with Crippen LogP contribution < -0.4 is 19.5 Å². The molecule has 58 heavy (non-hydrogen) atoms. The molecule has 0 bridgehead atoms. The van der Waals surface area contributed by atoms with Crippen molar-refractivity contribution in [3.05, 3.63) is 99.8 Å². The highest BCUT2D eigenvalue weighted by Gasteiger charge is 2.32. The molecule has 4 aromatic rings. The standard InChI is InChI=1S/C43H52ClN3O10S/c1-28-32(9-6-10-35(28)36-11-7-12-38(29(36)2)55-16-8-14-47-15-13-31(23-47)41(49)54-4)25-57-40-19-39(56-24-30-17-34(22-45-20-30)58(5,52)53)33(18-37(40)44)21-46-26-43(3,27-48)42(50)51/h6-7,9-12,17-20,22,31,46,48H,8,13-16,21,23-27H2,1-5H3,(H,50,51)/t31-,43-/m1/s1. The van der Waals surface area contributed by atoms with Gasteiger partial charge in [0.1, 0.15) is 35.9 Å². The Balaban J connectivity index is 1.29. The fourth-order valence-corrected chi connectivity index (χ4v) is 7.61. The van der Waals surface area contributed by atoms with Crippen molar-refractivity contribution in [2.45, 2.75) is 58.3 Å². The topological polar surface area (TPSA) is 174 Å². The molecule has 13 nitrogen and oxygen atoms in total. The van der Waals surface area contributed by atoms with Crippen molar-refractivity contribution in [2.75, 3.05) is 52.8 Å². The molecule has 0 aliphatic carbocycles. The smallest absolute Gasteiger partial charge is 0.313 e. The maximum atomic E-state index is 12.1. The lowest BCUT2D eigenvalue weighted by Gasteiger charge is -2.23. The molecule has 1 fully saturated rings. The summed E-state index contributed by atoms with van der Waals surface area (Å²) in [4.78, 5) is 30.0. The number of nitrogens with one attached hydrogen (secondary N) is 1. The number of aromatic nitrogens is 1. The quantitative estimate of drug-likeness (QED) is 0.0698. The Kier molecular flexibility index (Phi) is 15.2. The minimum Gasteiger partial charge on any atom is -0.493 e. The summed E-state index contributed by atoms with van der Waals surface area (Å²) in [5.41, 5.74) is 4.76. The monoisotopic (exact) mass is 837 g/mol. The molecule has 1 aromatic heterocycles. The van der Waals surface area contributed by atoms with Crippen LogP contribution in [0, 0.1) is 25.2 Å². The van der Waals surface area contributed by atoms with Crippen molar-refractivity contribution in [3.63, 3.8) is 0 Å². The number of hydrogen-bond acceptors (Lipinski definition) is 12. The highest BCUT2D eigenvalue weighted by molar-refractivity contribution is 7.90. The first-order valence-electron chi connectivity index (χ1n) is 19.0. The maximum Gasteiger partial charge on any atom is 0.313 e. The minimum atomic E-state index is -3.49. The number of halogens is 1. The van der Waals surface area contributed by atoms with Crippen LogP contribution in [0.2, 0.25) is 5.02 Å². The van der Waals surface area contributed by atoms with E-state index in [1.54, 1.807) is 12.1 Å². The lowest BCUT2D eigenvalue weighted by molar-refractivity contribution is -0.150. The summed E-state index contributed by atoms with van der Waals surface area (Å²) in [6.45, 7) is 8.24. The van der Waals surface area contributed by atoms with Gasteiger partial charge >= 0.3 is 11.9 Å². The second-order valence-corrected chi connectivity index (χ2v) is 17.3. The summed E-state index contributed by atoms with van der Waals surface area (Å²) in [5, 5.41) is 22.7. The molecule has 2 atom stereocenters. The average molecular weight is 838 g/mol. The van der Waals surface area contributed by atoms with Crippen LogP contribution >= 0.6 is 11.6 Å². The lowest BCUT2D eigenvalue weighted by Crippen LogP contribution is -2.41. The number of rotatable bonds is 20. The number of esters is 1. The second-order valence-electron chi connectivity index (χ2n) is 14.9. The van der Waals surface area contributed by atoms with Crippen LogP contribution in [0.4, 0.5) is 0 Å². The molecule has 3 aromatic carbocycles.